The lowest BCUT2D eigenvalue weighted by atomic mass is 9.88. The van der Waals surface area contributed by atoms with E-state index in [-0.39, 0.29) is 11.9 Å². The van der Waals surface area contributed by atoms with Gasteiger partial charge < -0.3 is 0 Å². The van der Waals surface area contributed by atoms with Crippen molar-refractivity contribution in [3.63, 3.8) is 0 Å². The summed E-state index contributed by atoms with van der Waals surface area (Å²) in [7, 11) is 0. The van der Waals surface area contributed by atoms with Gasteiger partial charge in [-0.15, -0.1) is 0 Å². The summed E-state index contributed by atoms with van der Waals surface area (Å²) >= 11 is 0. The van der Waals surface area contributed by atoms with Crippen LogP contribution in [0.2, 0.25) is 0 Å². The van der Waals surface area contributed by atoms with E-state index >= 15 is 0 Å². The van der Waals surface area contributed by atoms with E-state index in [2.05, 4.69) is 11.4 Å². The number of carbonyl (C=O) groups excluding carboxylic acids is 2. The summed E-state index contributed by atoms with van der Waals surface area (Å²) in [6.45, 7) is 0.611. The summed E-state index contributed by atoms with van der Waals surface area (Å²) in [6.07, 6.45) is 8.84. The molecule has 1 fully saturated rings. The predicted octanol–water partition coefficient (Wildman–Crippen LogP) is 0.938. The molecule has 3 rings (SSSR count). The van der Waals surface area contributed by atoms with Gasteiger partial charge in [-0.1, -0.05) is 18.2 Å². The smallest absolute Gasteiger partial charge is 0.288 e. The fourth-order valence-electron chi connectivity index (χ4n) is 2.20. The average Bonchev–Trinajstić information content (AvgIpc) is 2.52. The zero-order valence-electron chi connectivity index (χ0n) is 8.06. The molecule has 0 aromatic carbocycles. The third-order valence-corrected chi connectivity index (χ3v) is 3.01. The summed E-state index contributed by atoms with van der Waals surface area (Å²) < 4.78 is 0. The van der Waals surface area contributed by atoms with Gasteiger partial charge in [0.2, 0.25) is 0 Å². The lowest BCUT2D eigenvalue weighted by Gasteiger charge is -2.29. The second-order valence-corrected chi connectivity index (χ2v) is 3.93. The van der Waals surface area contributed by atoms with Crippen LogP contribution >= 0.6 is 0 Å². The number of rotatable bonds is 0. The summed E-state index contributed by atoms with van der Waals surface area (Å²) in [4.78, 5) is 24.3. The first-order valence-corrected chi connectivity index (χ1v) is 4.97. The molecule has 3 amide bonds. The number of nitrogens with zero attached hydrogens (tertiary/aromatic N) is 1. The van der Waals surface area contributed by atoms with Gasteiger partial charge in [-0.2, -0.15) is 0 Å². The van der Waals surface area contributed by atoms with Gasteiger partial charge in [0.1, 0.15) is 5.70 Å². The lowest BCUT2D eigenvalue weighted by molar-refractivity contribution is -0.116. The van der Waals surface area contributed by atoms with Gasteiger partial charge in [0.25, 0.3) is 5.91 Å². The topological polar surface area (TPSA) is 49.4 Å². The van der Waals surface area contributed by atoms with Crippen LogP contribution in [0.4, 0.5) is 4.79 Å². The minimum absolute atomic E-state index is 0.283. The molecule has 3 aliphatic rings. The standard InChI is InChI=1S/C11H10N2O2/c14-10-9-5-7-3-1-2-4-8(7)6-13(9)11(15)12-10/h1-3,5,8H,4,6H2,(H,12,14,15). The van der Waals surface area contributed by atoms with Gasteiger partial charge in [-0.25, -0.2) is 4.79 Å². The highest BCUT2D eigenvalue weighted by Crippen LogP contribution is 2.31. The summed E-state index contributed by atoms with van der Waals surface area (Å²) in [6, 6.07) is -0.292. The Bertz CT molecular complexity index is 446. The fourth-order valence-corrected chi connectivity index (χ4v) is 2.20. The molecule has 4 heteroatoms. The van der Waals surface area contributed by atoms with Gasteiger partial charge in [-0.3, -0.25) is 15.0 Å². The van der Waals surface area contributed by atoms with E-state index in [1.165, 1.54) is 4.90 Å². The number of imide groups is 1. The molecule has 0 radical (unpaired) electrons. The van der Waals surface area contributed by atoms with Crippen LogP contribution in [-0.2, 0) is 4.79 Å². The van der Waals surface area contributed by atoms with E-state index in [0.717, 1.165) is 12.0 Å². The Morgan fingerprint density at radius 1 is 1.40 bits per heavy atom. The Labute approximate surface area is 86.9 Å². The first-order chi connectivity index (χ1) is 7.25. The second kappa shape index (κ2) is 2.82. The number of hydrogen-bond donors (Lipinski definition) is 1. The largest absolute Gasteiger partial charge is 0.329 e. The van der Waals surface area contributed by atoms with Crippen molar-refractivity contribution in [1.82, 2.24) is 10.2 Å². The molecule has 1 aliphatic carbocycles. The molecule has 0 aromatic heterocycles. The average molecular weight is 202 g/mol. The molecule has 0 bridgehead atoms. The first kappa shape index (κ1) is 8.47. The Morgan fingerprint density at radius 2 is 2.27 bits per heavy atom. The van der Waals surface area contributed by atoms with Crippen molar-refractivity contribution < 1.29 is 9.59 Å². The maximum Gasteiger partial charge on any atom is 0.329 e. The summed E-state index contributed by atoms with van der Waals surface area (Å²) in [5.74, 6) is 0.0595. The molecule has 0 aromatic rings. The molecule has 0 saturated carbocycles. The van der Waals surface area contributed by atoms with Crippen molar-refractivity contribution >= 4 is 11.9 Å². The number of carbonyl (C=O) groups is 2. The number of hydrogen-bond acceptors (Lipinski definition) is 2. The lowest BCUT2D eigenvalue weighted by Crippen LogP contribution is -2.35. The van der Waals surface area contributed by atoms with Crippen LogP contribution in [0.15, 0.2) is 35.6 Å². The molecule has 1 atom stereocenters. The van der Waals surface area contributed by atoms with E-state index in [1.54, 1.807) is 0 Å². The zero-order chi connectivity index (χ0) is 10.4. The van der Waals surface area contributed by atoms with Crippen LogP contribution in [-0.4, -0.2) is 23.4 Å². The molecular weight excluding hydrogens is 192 g/mol. The molecule has 15 heavy (non-hydrogen) atoms. The molecule has 2 heterocycles. The summed E-state index contributed by atoms with van der Waals surface area (Å²) in [5, 5.41) is 2.30. The highest BCUT2D eigenvalue weighted by molar-refractivity contribution is 6.12. The third-order valence-electron chi connectivity index (χ3n) is 3.01. The predicted molar refractivity (Wildman–Crippen MR) is 53.7 cm³/mol. The van der Waals surface area contributed by atoms with Crippen molar-refractivity contribution in [3.8, 4) is 0 Å². The second-order valence-electron chi connectivity index (χ2n) is 3.93. The number of fused-ring (bicyclic) bond motifs is 2. The minimum atomic E-state index is -0.292. The van der Waals surface area contributed by atoms with Crippen LogP contribution < -0.4 is 5.32 Å². The fraction of sp³-hybridized carbons (Fsp3) is 0.273. The maximum absolute atomic E-state index is 11.4. The van der Waals surface area contributed by atoms with Gasteiger partial charge in [-0.05, 0) is 18.1 Å². The van der Waals surface area contributed by atoms with Gasteiger partial charge >= 0.3 is 6.03 Å². The number of urea groups is 1. The SMILES string of the molecule is O=C1NC(=O)N2CC3CC=CC=C3C=C12. The Balaban J connectivity index is 2.06. The molecule has 1 N–H and O–H groups in total. The van der Waals surface area contributed by atoms with Gasteiger partial charge in [0, 0.05) is 12.5 Å². The molecule has 1 unspecified atom stereocenters. The molecule has 2 aliphatic heterocycles. The van der Waals surface area contributed by atoms with Crippen molar-refractivity contribution in [2.24, 2.45) is 5.92 Å². The number of nitrogens with one attached hydrogen (secondary N) is 1. The van der Waals surface area contributed by atoms with Gasteiger partial charge in [0.05, 0.1) is 0 Å². The van der Waals surface area contributed by atoms with Crippen LogP contribution in [0.3, 0.4) is 0 Å². The number of amides is 3. The normalized spacial score (nSPS) is 28.0. The minimum Gasteiger partial charge on any atom is -0.288 e. The Hall–Kier alpha value is -1.84. The molecule has 1 saturated heterocycles. The Kier molecular flexibility index (Phi) is 1.59. The van der Waals surface area contributed by atoms with Crippen molar-refractivity contribution in [2.45, 2.75) is 6.42 Å². The van der Waals surface area contributed by atoms with Gasteiger partial charge in [0.15, 0.2) is 0 Å². The molecule has 0 spiro atoms. The zero-order valence-corrected chi connectivity index (χ0v) is 8.06. The molecule has 76 valence electrons. The third kappa shape index (κ3) is 1.14. The van der Waals surface area contributed by atoms with Crippen molar-refractivity contribution in [3.05, 3.63) is 35.6 Å². The number of allylic oxidation sites excluding steroid dienone is 4. The molecular formula is C11H10N2O2. The van der Waals surface area contributed by atoms with Crippen LogP contribution in [0.1, 0.15) is 6.42 Å². The van der Waals surface area contributed by atoms with Crippen LogP contribution in [0, 0.1) is 5.92 Å². The quantitative estimate of drug-likeness (QED) is 0.594. The monoisotopic (exact) mass is 202 g/mol. The van der Waals surface area contributed by atoms with E-state index < -0.39 is 0 Å². The first-order valence-electron chi connectivity index (χ1n) is 4.97. The van der Waals surface area contributed by atoms with Crippen molar-refractivity contribution in [1.29, 1.82) is 0 Å². The van der Waals surface area contributed by atoms with E-state index in [0.29, 0.717) is 18.2 Å². The summed E-state index contributed by atoms with van der Waals surface area (Å²) in [5.41, 5.74) is 1.63. The maximum atomic E-state index is 11.4. The van der Waals surface area contributed by atoms with Crippen LogP contribution in [0.5, 0.6) is 0 Å². The van der Waals surface area contributed by atoms with E-state index in [4.69, 9.17) is 0 Å². The van der Waals surface area contributed by atoms with Crippen molar-refractivity contribution in [2.75, 3.05) is 6.54 Å². The molecule has 4 nitrogen and oxygen atoms in total. The highest BCUT2D eigenvalue weighted by Gasteiger charge is 2.38. The van der Waals surface area contributed by atoms with E-state index in [1.807, 2.05) is 18.2 Å². The highest BCUT2D eigenvalue weighted by atomic mass is 16.2. The Morgan fingerprint density at radius 3 is 3.13 bits per heavy atom. The van der Waals surface area contributed by atoms with E-state index in [9.17, 15) is 9.59 Å². The van der Waals surface area contributed by atoms with Crippen LogP contribution in [0.25, 0.3) is 0 Å².